The van der Waals surface area contributed by atoms with Gasteiger partial charge in [0, 0.05) is 20.0 Å². The third kappa shape index (κ3) is 7.09. The zero-order valence-corrected chi connectivity index (χ0v) is 10.2. The fourth-order valence-corrected chi connectivity index (χ4v) is 1.58. The number of urea groups is 1. The molecule has 0 aliphatic rings. The molecule has 0 aromatic heterocycles. The molecular formula is C11H22N2O3. The summed E-state index contributed by atoms with van der Waals surface area (Å²) in [5.74, 6) is 0.0176. The van der Waals surface area contributed by atoms with Crippen LogP contribution in [0.15, 0.2) is 0 Å². The van der Waals surface area contributed by atoms with Gasteiger partial charge in [-0.3, -0.25) is 4.79 Å². The summed E-state index contributed by atoms with van der Waals surface area (Å²) in [4.78, 5) is 21.4. The van der Waals surface area contributed by atoms with E-state index in [1.165, 1.54) is 0 Å². The van der Waals surface area contributed by atoms with Gasteiger partial charge in [0.05, 0.1) is 0 Å². The molecule has 0 aliphatic heterocycles. The van der Waals surface area contributed by atoms with Crippen LogP contribution in [0.4, 0.5) is 4.79 Å². The predicted molar refractivity (Wildman–Crippen MR) is 62.3 cm³/mol. The highest BCUT2D eigenvalue weighted by atomic mass is 16.4. The Morgan fingerprint density at radius 3 is 2.31 bits per heavy atom. The molecule has 2 amide bonds. The van der Waals surface area contributed by atoms with E-state index in [2.05, 4.69) is 24.5 Å². The van der Waals surface area contributed by atoms with Crippen molar-refractivity contribution in [1.29, 1.82) is 0 Å². The molecule has 0 aromatic rings. The van der Waals surface area contributed by atoms with Gasteiger partial charge in [0.2, 0.25) is 0 Å². The van der Waals surface area contributed by atoms with Crippen molar-refractivity contribution >= 4 is 12.0 Å². The molecule has 0 bridgehead atoms. The normalized spacial score (nSPS) is 12.2. The molecule has 0 aliphatic carbocycles. The summed E-state index contributed by atoms with van der Waals surface area (Å²) in [6.45, 7) is 4.74. The van der Waals surface area contributed by atoms with Crippen LogP contribution in [0.2, 0.25) is 0 Å². The summed E-state index contributed by atoms with van der Waals surface area (Å²) in [7, 11) is 1.57. The van der Waals surface area contributed by atoms with Gasteiger partial charge in [0.15, 0.2) is 0 Å². The van der Waals surface area contributed by atoms with E-state index in [4.69, 9.17) is 5.11 Å². The van der Waals surface area contributed by atoms with E-state index in [0.717, 1.165) is 6.42 Å². The first kappa shape index (κ1) is 14.7. The molecule has 16 heavy (non-hydrogen) atoms. The minimum absolute atomic E-state index is 0.194. The number of carbonyl (C=O) groups is 2. The molecule has 5 heteroatoms. The largest absolute Gasteiger partial charge is 0.481 e. The minimum Gasteiger partial charge on any atom is -0.481 e. The van der Waals surface area contributed by atoms with E-state index in [1.807, 2.05) is 0 Å². The quantitative estimate of drug-likeness (QED) is 0.619. The molecule has 5 nitrogen and oxygen atoms in total. The third-order valence-corrected chi connectivity index (χ3v) is 2.70. The van der Waals surface area contributed by atoms with E-state index in [1.54, 1.807) is 7.05 Å². The molecule has 0 aromatic carbocycles. The highest BCUT2D eigenvalue weighted by Gasteiger charge is 2.14. The van der Waals surface area contributed by atoms with Gasteiger partial charge in [-0.1, -0.05) is 13.8 Å². The van der Waals surface area contributed by atoms with Crippen molar-refractivity contribution in [3.8, 4) is 0 Å². The molecule has 3 N–H and O–H groups in total. The summed E-state index contributed by atoms with van der Waals surface area (Å²) in [6, 6.07) is -0.194. The van der Waals surface area contributed by atoms with Gasteiger partial charge in [0.25, 0.3) is 0 Å². The maximum Gasteiger partial charge on any atom is 0.314 e. The molecule has 0 radical (unpaired) electrons. The van der Waals surface area contributed by atoms with Crippen molar-refractivity contribution in [2.75, 3.05) is 13.6 Å². The van der Waals surface area contributed by atoms with Gasteiger partial charge in [-0.05, 0) is 24.7 Å². The Kier molecular flexibility index (Phi) is 7.33. The number of hydrogen-bond donors (Lipinski definition) is 3. The van der Waals surface area contributed by atoms with Gasteiger partial charge in [-0.25, -0.2) is 4.79 Å². The summed E-state index contributed by atoms with van der Waals surface area (Å²) in [5.41, 5.74) is 0. The topological polar surface area (TPSA) is 78.4 Å². The summed E-state index contributed by atoms with van der Waals surface area (Å²) in [5, 5.41) is 13.8. The molecule has 0 saturated heterocycles. The van der Waals surface area contributed by atoms with Crippen LogP contribution >= 0.6 is 0 Å². The van der Waals surface area contributed by atoms with Crippen LogP contribution in [0.5, 0.6) is 0 Å². The van der Waals surface area contributed by atoms with Crippen molar-refractivity contribution < 1.29 is 14.7 Å². The predicted octanol–water partition coefficient (Wildman–Crippen LogP) is 1.44. The van der Waals surface area contributed by atoms with Crippen LogP contribution in [0, 0.1) is 11.8 Å². The van der Waals surface area contributed by atoms with Crippen molar-refractivity contribution in [2.24, 2.45) is 11.8 Å². The fraction of sp³-hybridized carbons (Fsp3) is 0.818. The average Bonchev–Trinajstić information content (AvgIpc) is 2.21. The van der Waals surface area contributed by atoms with Crippen LogP contribution in [-0.2, 0) is 4.79 Å². The first-order chi connectivity index (χ1) is 7.47. The second-order valence-electron chi connectivity index (χ2n) is 4.23. The number of carboxylic acid groups (broad SMARTS) is 1. The van der Waals surface area contributed by atoms with Gasteiger partial charge in [0.1, 0.15) is 0 Å². The highest BCUT2D eigenvalue weighted by Crippen LogP contribution is 2.20. The Balaban J connectivity index is 3.85. The Labute approximate surface area is 96.6 Å². The van der Waals surface area contributed by atoms with Gasteiger partial charge < -0.3 is 15.7 Å². The number of nitrogens with one attached hydrogen (secondary N) is 2. The van der Waals surface area contributed by atoms with Crippen LogP contribution in [0.25, 0.3) is 0 Å². The highest BCUT2D eigenvalue weighted by molar-refractivity contribution is 5.73. The lowest BCUT2D eigenvalue weighted by Gasteiger charge is -2.20. The standard InChI is InChI=1S/C11H22N2O3/c1-8(2)9(4-5-10(14)15)6-7-13-11(16)12-3/h8-9H,4-7H2,1-3H3,(H,14,15)(H2,12,13,16). The first-order valence-electron chi connectivity index (χ1n) is 5.64. The molecule has 0 saturated carbocycles. The fourth-order valence-electron chi connectivity index (χ4n) is 1.58. The van der Waals surface area contributed by atoms with E-state index >= 15 is 0 Å². The molecule has 94 valence electrons. The van der Waals surface area contributed by atoms with Crippen LogP contribution in [0.3, 0.4) is 0 Å². The lowest BCUT2D eigenvalue weighted by atomic mass is 9.88. The number of carboxylic acids is 1. The number of aliphatic carboxylic acids is 1. The van der Waals surface area contributed by atoms with E-state index in [9.17, 15) is 9.59 Å². The maximum atomic E-state index is 10.9. The van der Waals surface area contributed by atoms with Crippen molar-refractivity contribution in [3.05, 3.63) is 0 Å². The van der Waals surface area contributed by atoms with Crippen molar-refractivity contribution in [1.82, 2.24) is 10.6 Å². The molecule has 1 atom stereocenters. The first-order valence-corrected chi connectivity index (χ1v) is 5.64. The van der Waals surface area contributed by atoms with Gasteiger partial charge in [-0.2, -0.15) is 0 Å². The summed E-state index contributed by atoms with van der Waals surface area (Å²) in [6.07, 6.45) is 1.68. The zero-order valence-electron chi connectivity index (χ0n) is 10.2. The Hall–Kier alpha value is -1.26. The monoisotopic (exact) mass is 230 g/mol. The number of carbonyl (C=O) groups excluding carboxylic acids is 1. The number of rotatable bonds is 7. The third-order valence-electron chi connectivity index (χ3n) is 2.70. The average molecular weight is 230 g/mol. The Morgan fingerprint density at radius 1 is 1.25 bits per heavy atom. The van der Waals surface area contributed by atoms with E-state index in [0.29, 0.717) is 24.8 Å². The lowest BCUT2D eigenvalue weighted by Crippen LogP contribution is -2.34. The van der Waals surface area contributed by atoms with Crippen molar-refractivity contribution in [3.63, 3.8) is 0 Å². The smallest absolute Gasteiger partial charge is 0.314 e. The molecule has 0 fully saturated rings. The molecular weight excluding hydrogens is 208 g/mol. The van der Waals surface area contributed by atoms with Crippen molar-refractivity contribution in [2.45, 2.75) is 33.1 Å². The van der Waals surface area contributed by atoms with E-state index < -0.39 is 5.97 Å². The van der Waals surface area contributed by atoms with Crippen LogP contribution in [-0.4, -0.2) is 30.7 Å². The van der Waals surface area contributed by atoms with Gasteiger partial charge in [-0.15, -0.1) is 0 Å². The molecule has 0 spiro atoms. The van der Waals surface area contributed by atoms with E-state index in [-0.39, 0.29) is 12.5 Å². The molecule has 0 heterocycles. The maximum absolute atomic E-state index is 10.9. The van der Waals surface area contributed by atoms with Gasteiger partial charge >= 0.3 is 12.0 Å². The second kappa shape index (κ2) is 7.96. The number of amides is 2. The molecule has 1 unspecified atom stereocenters. The Morgan fingerprint density at radius 2 is 1.88 bits per heavy atom. The SMILES string of the molecule is CNC(=O)NCCC(CCC(=O)O)C(C)C. The van der Waals surface area contributed by atoms with Crippen LogP contribution < -0.4 is 10.6 Å². The summed E-state index contributed by atoms with van der Waals surface area (Å²) >= 11 is 0. The molecule has 0 rings (SSSR count). The summed E-state index contributed by atoms with van der Waals surface area (Å²) < 4.78 is 0. The van der Waals surface area contributed by atoms with Crippen LogP contribution in [0.1, 0.15) is 33.1 Å². The Bertz CT molecular complexity index is 229. The lowest BCUT2D eigenvalue weighted by molar-refractivity contribution is -0.137. The second-order valence-corrected chi connectivity index (χ2v) is 4.23. The zero-order chi connectivity index (χ0) is 12.6. The number of hydrogen-bond acceptors (Lipinski definition) is 2. The minimum atomic E-state index is -0.759.